The number of amides is 1. The van der Waals surface area contributed by atoms with Gasteiger partial charge in [-0.3, -0.25) is 9.78 Å². The maximum absolute atomic E-state index is 12.6. The van der Waals surface area contributed by atoms with Gasteiger partial charge in [-0.05, 0) is 49.6 Å². The van der Waals surface area contributed by atoms with Gasteiger partial charge in [0.15, 0.2) is 0 Å². The van der Waals surface area contributed by atoms with Gasteiger partial charge in [0.25, 0.3) is 0 Å². The van der Waals surface area contributed by atoms with Crippen LogP contribution in [0.1, 0.15) is 27.8 Å². The summed E-state index contributed by atoms with van der Waals surface area (Å²) in [7, 11) is 0. The highest BCUT2D eigenvalue weighted by molar-refractivity contribution is 6.00. The summed E-state index contributed by atoms with van der Waals surface area (Å²) in [5.41, 5.74) is 4.55. The van der Waals surface area contributed by atoms with Crippen molar-refractivity contribution in [3.8, 4) is 0 Å². The quantitative estimate of drug-likeness (QED) is 0.549. The molecular weight excluding hydrogens is 356 g/mol. The Balaban J connectivity index is 1.69. The number of nitrogens with one attached hydrogen (secondary N) is 1. The first-order valence-electron chi connectivity index (χ1n) is 9.05. The molecule has 4 rings (SSSR count). The number of carbonyl (C=O) groups is 1. The summed E-state index contributed by atoms with van der Waals surface area (Å²) >= 11 is 0. The molecule has 0 unspecified atom stereocenters. The van der Waals surface area contributed by atoms with Crippen molar-refractivity contribution in [3.63, 3.8) is 0 Å². The second-order valence-electron chi connectivity index (χ2n) is 6.98. The molecule has 1 amide bonds. The molecule has 0 saturated heterocycles. The summed E-state index contributed by atoms with van der Waals surface area (Å²) in [6.45, 7) is 6.05. The molecule has 1 N–H and O–H groups in total. The van der Waals surface area contributed by atoms with Gasteiger partial charge in [0, 0.05) is 35.3 Å². The van der Waals surface area contributed by atoms with E-state index in [1.54, 1.807) is 18.7 Å². The van der Waals surface area contributed by atoms with E-state index in [2.05, 4.69) is 10.3 Å². The average molecular weight is 376 g/mol. The molecule has 0 aliphatic carbocycles. The Morgan fingerprint density at radius 1 is 1.14 bits per heavy atom. The summed E-state index contributed by atoms with van der Waals surface area (Å²) in [5.74, 6) is -0.240. The maximum Gasteiger partial charge on any atom is 0.340 e. The lowest BCUT2D eigenvalue weighted by Crippen LogP contribution is -2.27. The number of aryl methyl sites for hydroxylation is 3. The Morgan fingerprint density at radius 3 is 2.71 bits per heavy atom. The molecule has 0 aliphatic heterocycles. The predicted molar refractivity (Wildman–Crippen MR) is 106 cm³/mol. The Labute approximate surface area is 161 Å². The van der Waals surface area contributed by atoms with Crippen LogP contribution in [-0.2, 0) is 17.8 Å². The molecule has 3 aromatic heterocycles. The molecule has 0 radical (unpaired) electrons. The molecule has 3 heterocycles. The van der Waals surface area contributed by atoms with Crippen molar-refractivity contribution < 1.29 is 13.6 Å². The molecule has 4 aromatic rings. The first-order valence-corrected chi connectivity index (χ1v) is 9.05. The van der Waals surface area contributed by atoms with Crippen LogP contribution >= 0.6 is 0 Å². The lowest BCUT2D eigenvalue weighted by atomic mass is 9.99. The fourth-order valence-electron chi connectivity index (χ4n) is 3.45. The number of benzene rings is 1. The number of hydrogen-bond acceptors (Lipinski definition) is 5. The van der Waals surface area contributed by atoms with E-state index < -0.39 is 5.63 Å². The molecule has 1 aromatic carbocycles. The molecule has 0 aliphatic rings. The van der Waals surface area contributed by atoms with Crippen LogP contribution in [0.25, 0.3) is 21.9 Å². The van der Waals surface area contributed by atoms with Crippen molar-refractivity contribution in [2.24, 2.45) is 0 Å². The number of carbonyl (C=O) groups excluding carboxylic acids is 1. The van der Waals surface area contributed by atoms with Crippen molar-refractivity contribution in [1.29, 1.82) is 0 Å². The molecular formula is C22H20N2O4. The number of nitrogens with zero attached hydrogens (tertiary/aromatic N) is 1. The van der Waals surface area contributed by atoms with Gasteiger partial charge in [-0.25, -0.2) is 4.79 Å². The van der Waals surface area contributed by atoms with Gasteiger partial charge in [0.2, 0.25) is 5.91 Å². The van der Waals surface area contributed by atoms with Crippen molar-refractivity contribution in [1.82, 2.24) is 10.3 Å². The predicted octanol–water partition coefficient (Wildman–Crippen LogP) is 3.72. The summed E-state index contributed by atoms with van der Waals surface area (Å²) in [5, 5.41) is 4.63. The molecule has 28 heavy (non-hydrogen) atoms. The van der Waals surface area contributed by atoms with Crippen LogP contribution in [0.3, 0.4) is 0 Å². The Morgan fingerprint density at radius 2 is 1.96 bits per heavy atom. The van der Waals surface area contributed by atoms with Crippen LogP contribution in [0, 0.1) is 20.8 Å². The number of aromatic nitrogens is 1. The summed E-state index contributed by atoms with van der Waals surface area (Å²) in [4.78, 5) is 29.0. The van der Waals surface area contributed by atoms with Gasteiger partial charge >= 0.3 is 5.63 Å². The first kappa shape index (κ1) is 18.0. The highest BCUT2D eigenvalue weighted by Crippen LogP contribution is 2.32. The fourth-order valence-corrected chi connectivity index (χ4v) is 3.45. The van der Waals surface area contributed by atoms with E-state index in [4.69, 9.17) is 8.83 Å². The van der Waals surface area contributed by atoms with Gasteiger partial charge in [-0.15, -0.1) is 0 Å². The van der Waals surface area contributed by atoms with Crippen molar-refractivity contribution >= 4 is 27.8 Å². The molecule has 0 bridgehead atoms. The van der Waals surface area contributed by atoms with Crippen LogP contribution < -0.4 is 10.9 Å². The topological polar surface area (TPSA) is 85.3 Å². The van der Waals surface area contributed by atoms with Crippen LogP contribution in [0.2, 0.25) is 0 Å². The third-order valence-corrected chi connectivity index (χ3v) is 5.09. The monoisotopic (exact) mass is 376 g/mol. The van der Waals surface area contributed by atoms with E-state index >= 15 is 0 Å². The van der Waals surface area contributed by atoms with E-state index in [1.807, 2.05) is 39.0 Å². The number of furan rings is 1. The zero-order valence-electron chi connectivity index (χ0n) is 16.0. The summed E-state index contributed by atoms with van der Waals surface area (Å²) in [6.07, 6.45) is 5.02. The Hall–Kier alpha value is -3.41. The number of pyridine rings is 1. The maximum atomic E-state index is 12.6. The molecule has 0 saturated carbocycles. The third kappa shape index (κ3) is 3.07. The molecule has 0 fully saturated rings. The molecule has 0 spiro atoms. The highest BCUT2D eigenvalue weighted by Gasteiger charge is 2.19. The third-order valence-electron chi connectivity index (χ3n) is 5.09. The zero-order valence-corrected chi connectivity index (χ0v) is 16.0. The first-order chi connectivity index (χ1) is 13.5. The van der Waals surface area contributed by atoms with Crippen LogP contribution in [0.5, 0.6) is 0 Å². The second-order valence-corrected chi connectivity index (χ2v) is 6.98. The van der Waals surface area contributed by atoms with Gasteiger partial charge < -0.3 is 14.2 Å². The van der Waals surface area contributed by atoms with Crippen molar-refractivity contribution in [2.45, 2.75) is 33.7 Å². The van der Waals surface area contributed by atoms with Gasteiger partial charge in [-0.2, -0.15) is 0 Å². The van der Waals surface area contributed by atoms with Crippen molar-refractivity contribution in [2.75, 3.05) is 0 Å². The van der Waals surface area contributed by atoms with Crippen LogP contribution in [0.15, 0.2) is 50.5 Å². The average Bonchev–Trinajstić information content (AvgIpc) is 3.07. The lowest BCUT2D eigenvalue weighted by molar-refractivity contribution is -0.120. The second kappa shape index (κ2) is 6.96. The standard InChI is InChI=1S/C22H20N2O4/c1-12-11-27-20-14(3)21-17(7-16(12)20)13(2)18(22(26)28-21)8-19(25)24-10-15-5-4-6-23-9-15/h4-7,9,11H,8,10H2,1-3H3,(H,24,25). The number of hydrogen-bond donors (Lipinski definition) is 1. The normalized spacial score (nSPS) is 11.2. The Kier molecular flexibility index (Phi) is 4.47. The molecule has 0 atom stereocenters. The summed E-state index contributed by atoms with van der Waals surface area (Å²) < 4.78 is 11.2. The van der Waals surface area contributed by atoms with E-state index in [9.17, 15) is 9.59 Å². The van der Waals surface area contributed by atoms with Crippen LogP contribution in [0.4, 0.5) is 0 Å². The van der Waals surface area contributed by atoms with Gasteiger partial charge in [0.1, 0.15) is 11.2 Å². The van der Waals surface area contributed by atoms with Gasteiger partial charge in [-0.1, -0.05) is 6.07 Å². The van der Waals surface area contributed by atoms with E-state index in [-0.39, 0.29) is 12.3 Å². The summed E-state index contributed by atoms with van der Waals surface area (Å²) in [6, 6.07) is 5.65. The Bertz CT molecular complexity index is 1250. The minimum Gasteiger partial charge on any atom is -0.464 e. The molecule has 6 nitrogen and oxygen atoms in total. The van der Waals surface area contributed by atoms with E-state index in [1.165, 1.54) is 0 Å². The minimum absolute atomic E-state index is 0.0359. The van der Waals surface area contributed by atoms with E-state index in [0.29, 0.717) is 17.7 Å². The fraction of sp³-hybridized carbons (Fsp3) is 0.227. The van der Waals surface area contributed by atoms with E-state index in [0.717, 1.165) is 38.6 Å². The lowest BCUT2D eigenvalue weighted by Gasteiger charge is -2.10. The SMILES string of the molecule is Cc1coc2c(C)c3oc(=O)c(CC(=O)NCc4cccnc4)c(C)c3cc12. The largest absolute Gasteiger partial charge is 0.464 e. The van der Waals surface area contributed by atoms with Crippen LogP contribution in [-0.4, -0.2) is 10.9 Å². The van der Waals surface area contributed by atoms with Crippen molar-refractivity contribution in [3.05, 3.63) is 75.1 Å². The minimum atomic E-state index is -0.493. The van der Waals surface area contributed by atoms with Gasteiger partial charge in [0.05, 0.1) is 18.2 Å². The smallest absolute Gasteiger partial charge is 0.340 e. The highest BCUT2D eigenvalue weighted by atomic mass is 16.4. The molecule has 6 heteroatoms. The zero-order chi connectivity index (χ0) is 19.8. The number of rotatable bonds is 4. The molecule has 142 valence electrons. The number of fused-ring (bicyclic) bond motifs is 2.